The van der Waals surface area contributed by atoms with Crippen LogP contribution in [0.15, 0.2) is 30.5 Å². The van der Waals surface area contributed by atoms with Gasteiger partial charge in [-0.15, -0.1) is 5.10 Å². The first-order valence-electron chi connectivity index (χ1n) is 8.20. The Kier molecular flexibility index (Phi) is 8.40. The van der Waals surface area contributed by atoms with Crippen molar-refractivity contribution in [3.8, 4) is 11.3 Å². The SMILES string of the molecule is Cc1ccc(-c2cn(CCOCCOCCOCCN)nn2)cc1. The average molecular weight is 334 g/mol. The molecular weight excluding hydrogens is 308 g/mol. The van der Waals surface area contributed by atoms with Crippen LogP contribution in [0.25, 0.3) is 11.3 Å². The monoisotopic (exact) mass is 334 g/mol. The Morgan fingerprint density at radius 2 is 1.54 bits per heavy atom. The van der Waals surface area contributed by atoms with Gasteiger partial charge in [-0.05, 0) is 6.92 Å². The molecule has 1 heterocycles. The minimum atomic E-state index is 0.539. The van der Waals surface area contributed by atoms with Crippen LogP contribution in [-0.2, 0) is 20.8 Å². The van der Waals surface area contributed by atoms with Crippen molar-refractivity contribution < 1.29 is 14.2 Å². The second-order valence-corrected chi connectivity index (χ2v) is 5.36. The summed E-state index contributed by atoms with van der Waals surface area (Å²) in [5.74, 6) is 0. The molecule has 1 aromatic heterocycles. The van der Waals surface area contributed by atoms with Crippen LogP contribution in [0, 0.1) is 6.92 Å². The molecule has 0 radical (unpaired) electrons. The van der Waals surface area contributed by atoms with Gasteiger partial charge in [-0.1, -0.05) is 35.0 Å². The Balaban J connectivity index is 1.56. The van der Waals surface area contributed by atoms with Crippen LogP contribution in [-0.4, -0.2) is 61.2 Å². The maximum absolute atomic E-state index is 5.52. The average Bonchev–Trinajstić information content (AvgIpc) is 3.06. The summed E-state index contributed by atoms with van der Waals surface area (Å²) in [6.07, 6.45) is 1.93. The number of hydrogen-bond donors (Lipinski definition) is 1. The zero-order valence-corrected chi connectivity index (χ0v) is 14.2. The second kappa shape index (κ2) is 10.9. The number of aryl methyl sites for hydroxylation is 1. The highest BCUT2D eigenvalue weighted by atomic mass is 16.5. The van der Waals surface area contributed by atoms with Gasteiger partial charge in [-0.3, -0.25) is 0 Å². The predicted octanol–water partition coefficient (Wildman–Crippen LogP) is 1.26. The summed E-state index contributed by atoms with van der Waals surface area (Å²) in [7, 11) is 0. The third-order valence-electron chi connectivity index (χ3n) is 3.36. The summed E-state index contributed by atoms with van der Waals surface area (Å²) in [6, 6.07) is 8.24. The lowest BCUT2D eigenvalue weighted by Gasteiger charge is -2.06. The van der Waals surface area contributed by atoms with Gasteiger partial charge in [0, 0.05) is 12.1 Å². The van der Waals surface area contributed by atoms with E-state index in [-0.39, 0.29) is 0 Å². The van der Waals surface area contributed by atoms with Crippen molar-refractivity contribution in [1.29, 1.82) is 0 Å². The van der Waals surface area contributed by atoms with Gasteiger partial charge in [-0.25, -0.2) is 4.68 Å². The van der Waals surface area contributed by atoms with Gasteiger partial charge in [0.05, 0.1) is 52.4 Å². The molecule has 0 aliphatic rings. The molecule has 0 spiro atoms. The molecule has 0 bridgehead atoms. The quantitative estimate of drug-likeness (QED) is 0.588. The van der Waals surface area contributed by atoms with Crippen molar-refractivity contribution in [3.05, 3.63) is 36.0 Å². The standard InChI is InChI=1S/C17H26N4O3/c1-15-2-4-16(5-3-15)17-14-21(20-19-17)7-9-23-11-13-24-12-10-22-8-6-18/h2-5,14H,6-13,18H2,1H3. The zero-order valence-electron chi connectivity index (χ0n) is 14.2. The zero-order chi connectivity index (χ0) is 17.0. The molecule has 2 aromatic rings. The van der Waals surface area contributed by atoms with Gasteiger partial charge in [0.25, 0.3) is 0 Å². The second-order valence-electron chi connectivity index (χ2n) is 5.36. The molecule has 0 unspecified atom stereocenters. The molecule has 0 fully saturated rings. The highest BCUT2D eigenvalue weighted by Crippen LogP contribution is 2.16. The smallest absolute Gasteiger partial charge is 0.113 e. The molecule has 1 aromatic carbocycles. The fourth-order valence-electron chi connectivity index (χ4n) is 2.05. The molecule has 0 atom stereocenters. The number of ether oxygens (including phenoxy) is 3. The van der Waals surface area contributed by atoms with E-state index in [1.807, 2.05) is 6.20 Å². The largest absolute Gasteiger partial charge is 0.378 e. The maximum atomic E-state index is 5.52. The minimum absolute atomic E-state index is 0.539. The van der Waals surface area contributed by atoms with Crippen molar-refractivity contribution >= 4 is 0 Å². The summed E-state index contributed by atoms with van der Waals surface area (Å²) in [4.78, 5) is 0. The number of nitrogens with two attached hydrogens (primary N) is 1. The van der Waals surface area contributed by atoms with Crippen LogP contribution >= 0.6 is 0 Å². The highest BCUT2D eigenvalue weighted by molar-refractivity contribution is 5.57. The molecule has 0 saturated carbocycles. The number of benzene rings is 1. The van der Waals surface area contributed by atoms with Gasteiger partial charge < -0.3 is 19.9 Å². The molecule has 0 amide bonds. The summed E-state index contributed by atoms with van der Waals surface area (Å²) < 4.78 is 17.9. The van der Waals surface area contributed by atoms with E-state index in [1.54, 1.807) is 4.68 Å². The van der Waals surface area contributed by atoms with Crippen molar-refractivity contribution in [2.75, 3.05) is 46.2 Å². The molecule has 0 aliphatic carbocycles. The van der Waals surface area contributed by atoms with Gasteiger partial charge >= 0.3 is 0 Å². The first-order chi connectivity index (χ1) is 11.8. The van der Waals surface area contributed by atoms with Crippen LogP contribution < -0.4 is 5.73 Å². The molecule has 7 nitrogen and oxygen atoms in total. The number of hydrogen-bond acceptors (Lipinski definition) is 6. The predicted molar refractivity (Wildman–Crippen MR) is 91.7 cm³/mol. The third-order valence-corrected chi connectivity index (χ3v) is 3.36. The maximum Gasteiger partial charge on any atom is 0.113 e. The first-order valence-corrected chi connectivity index (χ1v) is 8.20. The molecular formula is C17H26N4O3. The Hall–Kier alpha value is -1.80. The Labute approximate surface area is 142 Å². The van der Waals surface area contributed by atoms with Crippen LogP contribution in [0.5, 0.6) is 0 Å². The van der Waals surface area contributed by atoms with E-state index in [9.17, 15) is 0 Å². The third kappa shape index (κ3) is 6.76. The summed E-state index contributed by atoms with van der Waals surface area (Å²) >= 11 is 0. The van der Waals surface area contributed by atoms with E-state index < -0.39 is 0 Å². The Morgan fingerprint density at radius 1 is 0.917 bits per heavy atom. The minimum Gasteiger partial charge on any atom is -0.378 e. The summed E-state index contributed by atoms with van der Waals surface area (Å²) in [5.41, 5.74) is 8.48. The highest BCUT2D eigenvalue weighted by Gasteiger charge is 2.03. The van der Waals surface area contributed by atoms with Crippen LogP contribution in [0.3, 0.4) is 0 Å². The number of rotatable bonds is 12. The van der Waals surface area contributed by atoms with Gasteiger partial charge in [0.1, 0.15) is 5.69 Å². The Morgan fingerprint density at radius 3 is 2.21 bits per heavy atom. The van der Waals surface area contributed by atoms with Gasteiger partial charge in [-0.2, -0.15) is 0 Å². The Bertz CT molecular complexity index is 571. The van der Waals surface area contributed by atoms with E-state index in [0.717, 1.165) is 11.3 Å². The van der Waals surface area contributed by atoms with E-state index in [0.29, 0.717) is 52.7 Å². The van der Waals surface area contributed by atoms with Crippen LogP contribution in [0.2, 0.25) is 0 Å². The lowest BCUT2D eigenvalue weighted by molar-refractivity contribution is 0.0141. The number of nitrogens with zero attached hydrogens (tertiary/aromatic N) is 3. The lowest BCUT2D eigenvalue weighted by Crippen LogP contribution is -2.14. The van der Waals surface area contributed by atoms with E-state index in [4.69, 9.17) is 19.9 Å². The normalized spacial score (nSPS) is 11.1. The van der Waals surface area contributed by atoms with E-state index in [1.165, 1.54) is 5.56 Å². The summed E-state index contributed by atoms with van der Waals surface area (Å²) in [6.45, 7) is 6.65. The van der Waals surface area contributed by atoms with Gasteiger partial charge in [0.15, 0.2) is 0 Å². The first kappa shape index (κ1) is 18.5. The molecule has 0 aliphatic heterocycles. The van der Waals surface area contributed by atoms with Crippen molar-refractivity contribution in [1.82, 2.24) is 15.0 Å². The molecule has 2 rings (SSSR count). The van der Waals surface area contributed by atoms with Crippen LogP contribution in [0.1, 0.15) is 5.56 Å². The fourth-order valence-corrected chi connectivity index (χ4v) is 2.05. The molecule has 0 saturated heterocycles. The molecule has 2 N–H and O–H groups in total. The van der Waals surface area contributed by atoms with E-state index in [2.05, 4.69) is 41.5 Å². The van der Waals surface area contributed by atoms with Crippen molar-refractivity contribution in [3.63, 3.8) is 0 Å². The molecule has 132 valence electrons. The fraction of sp³-hybridized carbons (Fsp3) is 0.529. The molecule has 24 heavy (non-hydrogen) atoms. The van der Waals surface area contributed by atoms with Crippen molar-refractivity contribution in [2.45, 2.75) is 13.5 Å². The van der Waals surface area contributed by atoms with Crippen molar-refractivity contribution in [2.24, 2.45) is 5.73 Å². The summed E-state index contributed by atoms with van der Waals surface area (Å²) in [5, 5.41) is 8.31. The number of aromatic nitrogens is 3. The van der Waals surface area contributed by atoms with Gasteiger partial charge in [0.2, 0.25) is 0 Å². The topological polar surface area (TPSA) is 84.4 Å². The lowest BCUT2D eigenvalue weighted by atomic mass is 10.1. The molecule has 7 heteroatoms. The van der Waals surface area contributed by atoms with Crippen LogP contribution in [0.4, 0.5) is 0 Å². The van der Waals surface area contributed by atoms with E-state index >= 15 is 0 Å².